The number of carbonyl (C=O) groups excluding carboxylic acids is 2. The number of carbonyl (C=O) groups is 2. The minimum atomic E-state index is -1.03. The second-order valence-electron chi connectivity index (χ2n) is 9.00. The standard InChI is InChI=1S/C30H26N2O4/c1-30(2)28(33)32(23-17-19-26(20-18-23)35-24-12-5-3-6-13-24)29(34)31(30)21-22-11-9-10-16-27(22)36-25-14-7-4-8-15-25/h3-20H,21H2,1-2H3. The van der Waals surface area contributed by atoms with Crippen LogP contribution in [-0.2, 0) is 11.3 Å². The highest BCUT2D eigenvalue weighted by atomic mass is 16.5. The zero-order valence-corrected chi connectivity index (χ0v) is 20.1. The summed E-state index contributed by atoms with van der Waals surface area (Å²) in [5.41, 5.74) is 0.273. The molecule has 0 saturated carbocycles. The molecular weight excluding hydrogens is 452 g/mol. The Morgan fingerprint density at radius 3 is 1.81 bits per heavy atom. The fourth-order valence-corrected chi connectivity index (χ4v) is 4.14. The highest BCUT2D eigenvalue weighted by Gasteiger charge is 2.51. The fourth-order valence-electron chi connectivity index (χ4n) is 4.14. The van der Waals surface area contributed by atoms with Gasteiger partial charge in [0.2, 0.25) is 0 Å². The zero-order chi connectivity index (χ0) is 25.1. The van der Waals surface area contributed by atoms with E-state index >= 15 is 0 Å². The summed E-state index contributed by atoms with van der Waals surface area (Å²) in [6, 6.07) is 33.0. The molecular formula is C30H26N2O4. The van der Waals surface area contributed by atoms with Crippen LogP contribution in [-0.4, -0.2) is 22.4 Å². The lowest BCUT2D eigenvalue weighted by Crippen LogP contribution is -2.43. The molecule has 0 aromatic heterocycles. The Morgan fingerprint density at radius 2 is 1.17 bits per heavy atom. The molecule has 0 N–H and O–H groups in total. The Bertz CT molecular complexity index is 1370. The first-order valence-electron chi connectivity index (χ1n) is 11.7. The molecule has 0 spiro atoms. The number of para-hydroxylation sites is 3. The summed E-state index contributed by atoms with van der Waals surface area (Å²) in [6.45, 7) is 3.76. The predicted molar refractivity (Wildman–Crippen MR) is 138 cm³/mol. The van der Waals surface area contributed by atoms with Crippen molar-refractivity contribution in [2.75, 3.05) is 4.90 Å². The van der Waals surface area contributed by atoms with Crippen molar-refractivity contribution in [3.05, 3.63) is 115 Å². The van der Waals surface area contributed by atoms with Crippen molar-refractivity contribution in [1.82, 2.24) is 4.90 Å². The van der Waals surface area contributed by atoms with Crippen LogP contribution in [0.4, 0.5) is 10.5 Å². The number of hydrogen-bond donors (Lipinski definition) is 0. The Labute approximate surface area is 210 Å². The second-order valence-corrected chi connectivity index (χ2v) is 9.00. The van der Waals surface area contributed by atoms with Crippen molar-refractivity contribution in [1.29, 1.82) is 0 Å². The SMILES string of the molecule is CC1(C)C(=O)N(c2ccc(Oc3ccccc3)cc2)C(=O)N1Cc1ccccc1Oc1ccccc1. The molecule has 36 heavy (non-hydrogen) atoms. The molecule has 0 atom stereocenters. The van der Waals surface area contributed by atoms with Gasteiger partial charge >= 0.3 is 6.03 Å². The van der Waals surface area contributed by atoms with Crippen LogP contribution in [0.5, 0.6) is 23.0 Å². The van der Waals surface area contributed by atoms with Crippen LogP contribution in [0, 0.1) is 0 Å². The molecule has 4 aromatic rings. The number of ether oxygens (including phenoxy) is 2. The molecule has 0 bridgehead atoms. The lowest BCUT2D eigenvalue weighted by atomic mass is 10.0. The van der Waals surface area contributed by atoms with E-state index in [0.717, 1.165) is 5.56 Å². The summed E-state index contributed by atoms with van der Waals surface area (Å²) in [5.74, 6) is 2.38. The van der Waals surface area contributed by atoms with Crippen LogP contribution in [0.15, 0.2) is 109 Å². The summed E-state index contributed by atoms with van der Waals surface area (Å²) in [6.07, 6.45) is 0. The Morgan fingerprint density at radius 1 is 0.639 bits per heavy atom. The van der Waals surface area contributed by atoms with E-state index in [1.807, 2.05) is 84.9 Å². The van der Waals surface area contributed by atoms with E-state index in [0.29, 0.717) is 28.7 Å². The topological polar surface area (TPSA) is 59.1 Å². The third-order valence-electron chi connectivity index (χ3n) is 6.17. The van der Waals surface area contributed by atoms with E-state index in [1.165, 1.54) is 4.90 Å². The van der Waals surface area contributed by atoms with Gasteiger partial charge in [-0.1, -0.05) is 54.6 Å². The van der Waals surface area contributed by atoms with E-state index in [4.69, 9.17) is 9.47 Å². The summed E-state index contributed by atoms with van der Waals surface area (Å²) in [7, 11) is 0. The molecule has 0 radical (unpaired) electrons. The molecule has 1 fully saturated rings. The molecule has 3 amide bonds. The Balaban J connectivity index is 1.37. The van der Waals surface area contributed by atoms with E-state index in [1.54, 1.807) is 43.0 Å². The van der Waals surface area contributed by atoms with Crippen molar-refractivity contribution < 1.29 is 19.1 Å². The summed E-state index contributed by atoms with van der Waals surface area (Å²) in [5, 5.41) is 0. The first-order valence-corrected chi connectivity index (χ1v) is 11.7. The lowest BCUT2D eigenvalue weighted by molar-refractivity contribution is -0.123. The summed E-state index contributed by atoms with van der Waals surface area (Å²) < 4.78 is 11.9. The summed E-state index contributed by atoms with van der Waals surface area (Å²) in [4.78, 5) is 29.7. The monoisotopic (exact) mass is 478 g/mol. The number of rotatable bonds is 7. The van der Waals surface area contributed by atoms with Gasteiger partial charge in [0.05, 0.1) is 12.2 Å². The van der Waals surface area contributed by atoms with Crippen LogP contribution in [0.25, 0.3) is 0 Å². The van der Waals surface area contributed by atoms with E-state index in [9.17, 15) is 9.59 Å². The van der Waals surface area contributed by atoms with Crippen molar-refractivity contribution in [2.45, 2.75) is 25.9 Å². The average molecular weight is 479 g/mol. The van der Waals surface area contributed by atoms with Gasteiger partial charge in [-0.2, -0.15) is 0 Å². The van der Waals surface area contributed by atoms with Gasteiger partial charge in [-0.25, -0.2) is 9.69 Å². The van der Waals surface area contributed by atoms with Gasteiger partial charge in [0.1, 0.15) is 28.5 Å². The fraction of sp³-hybridized carbons (Fsp3) is 0.133. The minimum Gasteiger partial charge on any atom is -0.457 e. The molecule has 1 heterocycles. The van der Waals surface area contributed by atoms with Gasteiger partial charge in [0, 0.05) is 5.56 Å². The minimum absolute atomic E-state index is 0.228. The van der Waals surface area contributed by atoms with Crippen molar-refractivity contribution >= 4 is 17.6 Å². The van der Waals surface area contributed by atoms with Gasteiger partial charge in [0.15, 0.2) is 0 Å². The molecule has 0 aliphatic carbocycles. The van der Waals surface area contributed by atoms with Crippen LogP contribution in [0.1, 0.15) is 19.4 Å². The highest BCUT2D eigenvalue weighted by Crippen LogP contribution is 2.36. The maximum Gasteiger partial charge on any atom is 0.332 e. The lowest BCUT2D eigenvalue weighted by Gasteiger charge is -2.28. The number of benzene rings is 4. The molecule has 1 aliphatic heterocycles. The van der Waals surface area contributed by atoms with Crippen molar-refractivity contribution in [2.24, 2.45) is 0 Å². The van der Waals surface area contributed by atoms with Crippen LogP contribution in [0.3, 0.4) is 0 Å². The molecule has 0 unspecified atom stereocenters. The highest BCUT2D eigenvalue weighted by molar-refractivity contribution is 6.22. The third-order valence-corrected chi connectivity index (χ3v) is 6.17. The summed E-state index contributed by atoms with van der Waals surface area (Å²) >= 11 is 0. The van der Waals surface area contributed by atoms with Crippen LogP contribution < -0.4 is 14.4 Å². The molecule has 6 heteroatoms. The van der Waals surface area contributed by atoms with Crippen LogP contribution >= 0.6 is 0 Å². The van der Waals surface area contributed by atoms with Gasteiger partial charge in [-0.15, -0.1) is 0 Å². The Hall–Kier alpha value is -4.58. The molecule has 5 rings (SSSR count). The van der Waals surface area contributed by atoms with Gasteiger partial charge in [-0.3, -0.25) is 4.79 Å². The second kappa shape index (κ2) is 9.58. The largest absolute Gasteiger partial charge is 0.457 e. The van der Waals surface area contributed by atoms with E-state index in [2.05, 4.69) is 0 Å². The quantitative estimate of drug-likeness (QED) is 0.268. The van der Waals surface area contributed by atoms with Gasteiger partial charge in [-0.05, 0) is 68.4 Å². The molecule has 6 nitrogen and oxygen atoms in total. The average Bonchev–Trinajstić information content (AvgIpc) is 3.06. The molecule has 1 aliphatic rings. The molecule has 180 valence electrons. The number of amides is 3. The van der Waals surface area contributed by atoms with Crippen molar-refractivity contribution in [3.8, 4) is 23.0 Å². The van der Waals surface area contributed by atoms with Crippen LogP contribution in [0.2, 0.25) is 0 Å². The van der Waals surface area contributed by atoms with Gasteiger partial charge in [0.25, 0.3) is 5.91 Å². The third kappa shape index (κ3) is 4.53. The number of hydrogen-bond acceptors (Lipinski definition) is 4. The number of nitrogens with zero attached hydrogens (tertiary/aromatic N) is 2. The number of imide groups is 1. The smallest absolute Gasteiger partial charge is 0.332 e. The predicted octanol–water partition coefficient (Wildman–Crippen LogP) is 7.02. The zero-order valence-electron chi connectivity index (χ0n) is 20.1. The van der Waals surface area contributed by atoms with Crippen molar-refractivity contribution in [3.63, 3.8) is 0 Å². The molecule has 1 saturated heterocycles. The molecule has 4 aromatic carbocycles. The normalized spacial score (nSPS) is 14.7. The van der Waals surface area contributed by atoms with E-state index in [-0.39, 0.29) is 18.5 Å². The maximum absolute atomic E-state index is 13.5. The first kappa shape index (κ1) is 23.2. The Kier molecular flexibility index (Phi) is 6.17. The number of urea groups is 1. The maximum atomic E-state index is 13.5. The van der Waals surface area contributed by atoms with Gasteiger partial charge < -0.3 is 14.4 Å². The number of anilines is 1. The van der Waals surface area contributed by atoms with E-state index < -0.39 is 5.54 Å². The first-order chi connectivity index (χ1) is 17.4.